The van der Waals surface area contributed by atoms with Gasteiger partial charge in [-0.1, -0.05) is 6.92 Å². The average molecular weight is 265 g/mol. The van der Waals surface area contributed by atoms with Crippen LogP contribution in [0.15, 0.2) is 11.4 Å². The maximum Gasteiger partial charge on any atom is 0.0471 e. The van der Waals surface area contributed by atoms with E-state index in [1.54, 1.807) is 10.4 Å². The van der Waals surface area contributed by atoms with Crippen molar-refractivity contribution >= 4 is 11.3 Å². The number of fused-ring (bicyclic) bond motifs is 1. The van der Waals surface area contributed by atoms with Crippen LogP contribution in [-0.4, -0.2) is 19.8 Å². The number of hydrogen-bond acceptors (Lipinski definition) is 3. The summed E-state index contributed by atoms with van der Waals surface area (Å²) in [6.07, 6.45) is 6.32. The molecular formula is C15H23NOS. The van der Waals surface area contributed by atoms with E-state index in [9.17, 15) is 0 Å². The third-order valence-corrected chi connectivity index (χ3v) is 5.52. The maximum atomic E-state index is 5.47. The Morgan fingerprint density at radius 2 is 2.28 bits per heavy atom. The van der Waals surface area contributed by atoms with Gasteiger partial charge < -0.3 is 10.1 Å². The van der Waals surface area contributed by atoms with Crippen molar-refractivity contribution in [1.82, 2.24) is 5.32 Å². The molecule has 1 unspecified atom stereocenters. The molecule has 1 atom stereocenters. The Morgan fingerprint density at radius 1 is 1.44 bits per heavy atom. The Morgan fingerprint density at radius 3 is 3.11 bits per heavy atom. The van der Waals surface area contributed by atoms with Gasteiger partial charge >= 0.3 is 0 Å². The van der Waals surface area contributed by atoms with E-state index >= 15 is 0 Å². The summed E-state index contributed by atoms with van der Waals surface area (Å²) in [6, 6.07) is 2.92. The van der Waals surface area contributed by atoms with Crippen molar-refractivity contribution in [3.05, 3.63) is 21.9 Å². The van der Waals surface area contributed by atoms with Crippen LogP contribution in [0.3, 0.4) is 0 Å². The molecule has 2 heterocycles. The molecule has 1 aliphatic carbocycles. The fourth-order valence-corrected chi connectivity index (χ4v) is 4.10. The second kappa shape index (κ2) is 5.32. The summed E-state index contributed by atoms with van der Waals surface area (Å²) < 4.78 is 5.47. The molecule has 3 rings (SSSR count). The van der Waals surface area contributed by atoms with E-state index in [4.69, 9.17) is 4.74 Å². The lowest BCUT2D eigenvalue weighted by Gasteiger charge is -2.36. The van der Waals surface area contributed by atoms with Crippen LogP contribution in [-0.2, 0) is 11.2 Å². The van der Waals surface area contributed by atoms with Gasteiger partial charge in [-0.05, 0) is 54.5 Å². The molecule has 0 saturated carbocycles. The Bertz CT molecular complexity index is 395. The SMILES string of the molecule is CC1(CNC2CCCc3sccc32)CCOCC1. The molecule has 2 nitrogen and oxygen atoms in total. The van der Waals surface area contributed by atoms with E-state index < -0.39 is 0 Å². The van der Waals surface area contributed by atoms with Gasteiger partial charge in [-0.25, -0.2) is 0 Å². The zero-order chi connectivity index (χ0) is 12.4. The van der Waals surface area contributed by atoms with Gasteiger partial charge in [0.15, 0.2) is 0 Å². The van der Waals surface area contributed by atoms with Crippen LogP contribution in [0.25, 0.3) is 0 Å². The lowest BCUT2D eigenvalue weighted by molar-refractivity contribution is 0.0226. The van der Waals surface area contributed by atoms with Crippen LogP contribution in [0.1, 0.15) is 49.1 Å². The smallest absolute Gasteiger partial charge is 0.0471 e. The fourth-order valence-electron chi connectivity index (χ4n) is 3.11. The molecule has 0 radical (unpaired) electrons. The van der Waals surface area contributed by atoms with Crippen LogP contribution < -0.4 is 5.32 Å². The molecule has 2 aliphatic rings. The lowest BCUT2D eigenvalue weighted by atomic mass is 9.81. The van der Waals surface area contributed by atoms with E-state index in [1.165, 1.54) is 32.1 Å². The maximum absolute atomic E-state index is 5.47. The Balaban J connectivity index is 1.61. The Hall–Kier alpha value is -0.380. The zero-order valence-corrected chi connectivity index (χ0v) is 12.0. The minimum atomic E-state index is 0.436. The van der Waals surface area contributed by atoms with Crippen molar-refractivity contribution in [2.75, 3.05) is 19.8 Å². The first kappa shape index (κ1) is 12.6. The highest BCUT2D eigenvalue weighted by Gasteiger charge is 2.29. The van der Waals surface area contributed by atoms with Gasteiger partial charge in [-0.15, -0.1) is 11.3 Å². The minimum Gasteiger partial charge on any atom is -0.381 e. The third kappa shape index (κ3) is 2.63. The highest BCUT2D eigenvalue weighted by molar-refractivity contribution is 7.10. The summed E-state index contributed by atoms with van der Waals surface area (Å²) in [5.74, 6) is 0. The van der Waals surface area contributed by atoms with Crippen LogP contribution in [0.5, 0.6) is 0 Å². The highest BCUT2D eigenvalue weighted by Crippen LogP contribution is 2.35. The Labute approximate surface area is 114 Å². The number of rotatable bonds is 3. The highest BCUT2D eigenvalue weighted by atomic mass is 32.1. The van der Waals surface area contributed by atoms with E-state index in [0.717, 1.165) is 19.8 Å². The lowest BCUT2D eigenvalue weighted by Crippen LogP contribution is -2.38. The molecule has 100 valence electrons. The first-order valence-electron chi connectivity index (χ1n) is 7.14. The molecule has 1 aliphatic heterocycles. The van der Waals surface area contributed by atoms with Crippen molar-refractivity contribution in [3.63, 3.8) is 0 Å². The number of hydrogen-bond donors (Lipinski definition) is 1. The normalized spacial score (nSPS) is 26.8. The second-order valence-electron chi connectivity index (χ2n) is 6.05. The summed E-state index contributed by atoms with van der Waals surface area (Å²) in [6.45, 7) is 5.41. The monoisotopic (exact) mass is 265 g/mol. The van der Waals surface area contributed by atoms with E-state index in [1.807, 2.05) is 11.3 Å². The quantitative estimate of drug-likeness (QED) is 0.902. The predicted octanol–water partition coefficient (Wildman–Crippen LogP) is 3.53. The molecule has 1 aromatic heterocycles. The van der Waals surface area contributed by atoms with Crippen molar-refractivity contribution in [2.45, 2.75) is 45.1 Å². The summed E-state index contributed by atoms with van der Waals surface area (Å²) in [5, 5.41) is 6.08. The van der Waals surface area contributed by atoms with E-state index in [-0.39, 0.29) is 0 Å². The molecule has 0 spiro atoms. The molecule has 0 bridgehead atoms. The molecule has 1 fully saturated rings. The standard InChI is InChI=1S/C15H23NOS/c1-15(6-8-17-9-7-15)11-16-13-3-2-4-14-12(13)5-10-18-14/h5,10,13,16H,2-4,6-9,11H2,1H3. The summed E-state index contributed by atoms with van der Waals surface area (Å²) >= 11 is 1.93. The molecule has 18 heavy (non-hydrogen) atoms. The van der Waals surface area contributed by atoms with Crippen molar-refractivity contribution in [2.24, 2.45) is 5.41 Å². The van der Waals surface area contributed by atoms with Crippen molar-refractivity contribution in [1.29, 1.82) is 0 Å². The summed E-state index contributed by atoms with van der Waals surface area (Å²) in [4.78, 5) is 1.61. The molecule has 1 aromatic rings. The van der Waals surface area contributed by atoms with Gasteiger partial charge in [-0.2, -0.15) is 0 Å². The molecule has 3 heteroatoms. The number of thiophene rings is 1. The first-order chi connectivity index (χ1) is 8.77. The van der Waals surface area contributed by atoms with Crippen LogP contribution in [0.2, 0.25) is 0 Å². The number of ether oxygens (including phenoxy) is 1. The molecule has 0 aromatic carbocycles. The molecule has 1 N–H and O–H groups in total. The minimum absolute atomic E-state index is 0.436. The van der Waals surface area contributed by atoms with Gasteiger partial charge in [-0.3, -0.25) is 0 Å². The molecule has 0 amide bonds. The van der Waals surface area contributed by atoms with Crippen molar-refractivity contribution < 1.29 is 4.74 Å². The van der Waals surface area contributed by atoms with Gasteiger partial charge in [0, 0.05) is 30.7 Å². The number of aryl methyl sites for hydroxylation is 1. The van der Waals surface area contributed by atoms with Gasteiger partial charge in [0.2, 0.25) is 0 Å². The Kier molecular flexibility index (Phi) is 3.73. The summed E-state index contributed by atoms with van der Waals surface area (Å²) in [7, 11) is 0. The van der Waals surface area contributed by atoms with E-state index in [0.29, 0.717) is 11.5 Å². The van der Waals surface area contributed by atoms with Gasteiger partial charge in [0.1, 0.15) is 0 Å². The average Bonchev–Trinajstić information content (AvgIpc) is 2.86. The third-order valence-electron chi connectivity index (χ3n) is 4.53. The first-order valence-corrected chi connectivity index (χ1v) is 8.02. The van der Waals surface area contributed by atoms with Crippen LogP contribution in [0, 0.1) is 5.41 Å². The van der Waals surface area contributed by atoms with Crippen LogP contribution in [0.4, 0.5) is 0 Å². The molecular weight excluding hydrogens is 242 g/mol. The molecule has 1 saturated heterocycles. The predicted molar refractivity (Wildman–Crippen MR) is 76.2 cm³/mol. The topological polar surface area (TPSA) is 21.3 Å². The van der Waals surface area contributed by atoms with Crippen LogP contribution >= 0.6 is 11.3 Å². The second-order valence-corrected chi connectivity index (χ2v) is 7.05. The van der Waals surface area contributed by atoms with Gasteiger partial charge in [0.25, 0.3) is 0 Å². The van der Waals surface area contributed by atoms with E-state index in [2.05, 4.69) is 23.7 Å². The number of nitrogens with one attached hydrogen (secondary N) is 1. The largest absolute Gasteiger partial charge is 0.381 e. The summed E-state index contributed by atoms with van der Waals surface area (Å²) in [5.41, 5.74) is 2.01. The van der Waals surface area contributed by atoms with Gasteiger partial charge in [0.05, 0.1) is 0 Å². The zero-order valence-electron chi connectivity index (χ0n) is 11.2. The fraction of sp³-hybridized carbons (Fsp3) is 0.733. The van der Waals surface area contributed by atoms with Crippen molar-refractivity contribution in [3.8, 4) is 0 Å².